The highest BCUT2D eigenvalue weighted by atomic mass is 35.5. The van der Waals surface area contributed by atoms with Gasteiger partial charge >= 0.3 is 0 Å². The zero-order valence-corrected chi connectivity index (χ0v) is 12.5. The molecule has 1 aromatic heterocycles. The van der Waals surface area contributed by atoms with Crippen molar-refractivity contribution in [2.75, 3.05) is 0 Å². The first-order chi connectivity index (χ1) is 9.36. The molecule has 0 radical (unpaired) electrons. The van der Waals surface area contributed by atoms with Crippen LogP contribution >= 0.6 is 23.7 Å². The van der Waals surface area contributed by atoms with Crippen molar-refractivity contribution in [3.05, 3.63) is 65.5 Å². The van der Waals surface area contributed by atoms with Crippen molar-refractivity contribution in [3.8, 4) is 21.8 Å². The molecule has 0 unspecified atom stereocenters. The second-order valence-electron chi connectivity index (χ2n) is 4.31. The van der Waals surface area contributed by atoms with E-state index in [0.29, 0.717) is 6.54 Å². The van der Waals surface area contributed by atoms with Gasteiger partial charge in [0.25, 0.3) is 0 Å². The van der Waals surface area contributed by atoms with E-state index in [4.69, 9.17) is 10.7 Å². The van der Waals surface area contributed by atoms with Crippen molar-refractivity contribution in [2.24, 2.45) is 5.73 Å². The van der Waals surface area contributed by atoms with Gasteiger partial charge in [0, 0.05) is 23.1 Å². The number of aromatic nitrogens is 1. The minimum absolute atomic E-state index is 0. The number of rotatable bonds is 3. The van der Waals surface area contributed by atoms with Gasteiger partial charge in [-0.05, 0) is 11.6 Å². The molecular formula is C16H15ClN2S. The smallest absolute Gasteiger partial charge is 0.124 e. The van der Waals surface area contributed by atoms with Crippen molar-refractivity contribution in [1.29, 1.82) is 0 Å². The second-order valence-corrected chi connectivity index (χ2v) is 5.17. The monoisotopic (exact) mass is 302 g/mol. The van der Waals surface area contributed by atoms with Crippen LogP contribution in [0.25, 0.3) is 21.8 Å². The van der Waals surface area contributed by atoms with E-state index in [2.05, 4.69) is 29.6 Å². The summed E-state index contributed by atoms with van der Waals surface area (Å²) in [4.78, 5) is 4.70. The molecule has 0 saturated carbocycles. The predicted octanol–water partition coefficient (Wildman–Crippen LogP) is 4.36. The van der Waals surface area contributed by atoms with Gasteiger partial charge in [-0.3, -0.25) is 0 Å². The van der Waals surface area contributed by atoms with Crippen LogP contribution in [0.1, 0.15) is 5.56 Å². The Morgan fingerprint density at radius 3 is 2.45 bits per heavy atom. The molecule has 0 aliphatic rings. The average molecular weight is 303 g/mol. The molecule has 0 amide bonds. The molecule has 2 nitrogen and oxygen atoms in total. The van der Waals surface area contributed by atoms with Crippen molar-refractivity contribution < 1.29 is 0 Å². The Morgan fingerprint density at radius 1 is 0.950 bits per heavy atom. The molecule has 20 heavy (non-hydrogen) atoms. The third-order valence-corrected chi connectivity index (χ3v) is 3.87. The fraction of sp³-hybridized carbons (Fsp3) is 0.0625. The van der Waals surface area contributed by atoms with Gasteiger partial charge in [-0.15, -0.1) is 23.7 Å². The first kappa shape index (κ1) is 14.7. The lowest BCUT2D eigenvalue weighted by Crippen LogP contribution is -1.95. The summed E-state index contributed by atoms with van der Waals surface area (Å²) < 4.78 is 0. The van der Waals surface area contributed by atoms with E-state index in [-0.39, 0.29) is 12.4 Å². The summed E-state index contributed by atoms with van der Waals surface area (Å²) >= 11 is 1.66. The van der Waals surface area contributed by atoms with E-state index >= 15 is 0 Å². The number of nitrogens with zero attached hydrogens (tertiary/aromatic N) is 1. The lowest BCUT2D eigenvalue weighted by Gasteiger charge is -2.00. The Kier molecular flexibility index (Phi) is 4.90. The van der Waals surface area contributed by atoms with Gasteiger partial charge in [0.1, 0.15) is 5.01 Å². The Labute approximate surface area is 128 Å². The molecule has 0 atom stereocenters. The molecule has 0 aliphatic carbocycles. The third-order valence-electron chi connectivity index (χ3n) is 2.98. The summed E-state index contributed by atoms with van der Waals surface area (Å²) in [5.41, 5.74) is 10.1. The SMILES string of the molecule is Cl.NCc1cccc(-c2nc(-c3ccccc3)cs2)c1. The third kappa shape index (κ3) is 3.07. The Morgan fingerprint density at radius 2 is 1.70 bits per heavy atom. The van der Waals surface area contributed by atoms with E-state index in [1.807, 2.05) is 30.3 Å². The van der Waals surface area contributed by atoms with Crippen LogP contribution in [0, 0.1) is 0 Å². The first-order valence-corrected chi connectivity index (χ1v) is 7.05. The minimum atomic E-state index is 0. The maximum absolute atomic E-state index is 5.68. The van der Waals surface area contributed by atoms with Crippen LogP contribution in [-0.2, 0) is 6.54 Å². The van der Waals surface area contributed by atoms with Crippen LogP contribution in [0.15, 0.2) is 60.0 Å². The molecule has 4 heteroatoms. The van der Waals surface area contributed by atoms with E-state index in [1.54, 1.807) is 11.3 Å². The molecule has 2 aromatic carbocycles. The summed E-state index contributed by atoms with van der Waals surface area (Å²) in [6.07, 6.45) is 0. The summed E-state index contributed by atoms with van der Waals surface area (Å²) in [6.45, 7) is 0.560. The van der Waals surface area contributed by atoms with E-state index in [9.17, 15) is 0 Å². The number of nitrogens with two attached hydrogens (primary N) is 1. The van der Waals surface area contributed by atoms with Gasteiger partial charge in [0.15, 0.2) is 0 Å². The van der Waals surface area contributed by atoms with Crippen LogP contribution in [0.4, 0.5) is 0 Å². The summed E-state index contributed by atoms with van der Waals surface area (Å²) in [5, 5.41) is 3.13. The maximum atomic E-state index is 5.68. The molecular weight excluding hydrogens is 288 g/mol. The summed E-state index contributed by atoms with van der Waals surface area (Å²) in [7, 11) is 0. The highest BCUT2D eigenvalue weighted by Crippen LogP contribution is 2.29. The van der Waals surface area contributed by atoms with Crippen LogP contribution in [-0.4, -0.2) is 4.98 Å². The van der Waals surface area contributed by atoms with Gasteiger partial charge in [-0.2, -0.15) is 0 Å². The molecule has 0 saturated heterocycles. The number of hydrogen-bond acceptors (Lipinski definition) is 3. The highest BCUT2D eigenvalue weighted by Gasteiger charge is 2.06. The molecule has 3 aromatic rings. The fourth-order valence-electron chi connectivity index (χ4n) is 1.98. The van der Waals surface area contributed by atoms with E-state index in [1.165, 1.54) is 0 Å². The lowest BCUT2D eigenvalue weighted by atomic mass is 10.1. The highest BCUT2D eigenvalue weighted by molar-refractivity contribution is 7.13. The average Bonchev–Trinajstić information content (AvgIpc) is 2.98. The molecule has 0 bridgehead atoms. The van der Waals surface area contributed by atoms with Crippen LogP contribution in [0.3, 0.4) is 0 Å². The Hall–Kier alpha value is -1.68. The normalized spacial score (nSPS) is 10.1. The maximum Gasteiger partial charge on any atom is 0.124 e. The quantitative estimate of drug-likeness (QED) is 0.781. The second kappa shape index (κ2) is 6.66. The molecule has 0 spiro atoms. The fourth-order valence-corrected chi connectivity index (χ4v) is 2.81. The summed E-state index contributed by atoms with van der Waals surface area (Å²) in [6, 6.07) is 18.5. The molecule has 102 valence electrons. The zero-order valence-electron chi connectivity index (χ0n) is 10.8. The molecule has 1 heterocycles. The van der Waals surface area contributed by atoms with Gasteiger partial charge in [0.2, 0.25) is 0 Å². The predicted molar refractivity (Wildman–Crippen MR) is 88.1 cm³/mol. The Balaban J connectivity index is 0.00000147. The van der Waals surface area contributed by atoms with E-state index < -0.39 is 0 Å². The topological polar surface area (TPSA) is 38.9 Å². The molecule has 2 N–H and O–H groups in total. The molecule has 0 fully saturated rings. The number of benzene rings is 2. The molecule has 3 rings (SSSR count). The largest absolute Gasteiger partial charge is 0.326 e. The van der Waals surface area contributed by atoms with Gasteiger partial charge in [-0.25, -0.2) is 4.98 Å². The number of thiazole rings is 1. The zero-order chi connectivity index (χ0) is 13.1. The Bertz CT molecular complexity index is 680. The van der Waals surface area contributed by atoms with Crippen LogP contribution < -0.4 is 5.73 Å². The first-order valence-electron chi connectivity index (χ1n) is 6.17. The minimum Gasteiger partial charge on any atom is -0.326 e. The standard InChI is InChI=1S/C16H14N2S.ClH/c17-10-12-5-4-8-14(9-12)16-18-15(11-19-16)13-6-2-1-3-7-13;/h1-9,11H,10,17H2;1H. The molecule has 0 aliphatic heterocycles. The number of hydrogen-bond donors (Lipinski definition) is 1. The van der Waals surface area contributed by atoms with Crippen molar-refractivity contribution >= 4 is 23.7 Å². The summed E-state index contributed by atoms with van der Waals surface area (Å²) in [5.74, 6) is 0. The van der Waals surface area contributed by atoms with Crippen molar-refractivity contribution in [2.45, 2.75) is 6.54 Å². The van der Waals surface area contributed by atoms with Gasteiger partial charge in [-0.1, -0.05) is 48.5 Å². The van der Waals surface area contributed by atoms with Gasteiger partial charge in [0.05, 0.1) is 5.69 Å². The van der Waals surface area contributed by atoms with Gasteiger partial charge < -0.3 is 5.73 Å². The van der Waals surface area contributed by atoms with Crippen LogP contribution in [0.5, 0.6) is 0 Å². The van der Waals surface area contributed by atoms with E-state index in [0.717, 1.165) is 27.4 Å². The van der Waals surface area contributed by atoms with Crippen molar-refractivity contribution in [3.63, 3.8) is 0 Å². The van der Waals surface area contributed by atoms with Crippen LogP contribution in [0.2, 0.25) is 0 Å². The number of halogens is 1. The lowest BCUT2D eigenvalue weighted by molar-refractivity contribution is 1.07. The van der Waals surface area contributed by atoms with Crippen molar-refractivity contribution in [1.82, 2.24) is 4.98 Å².